The summed E-state index contributed by atoms with van der Waals surface area (Å²) in [5.74, 6) is -0.160. The van der Waals surface area contributed by atoms with Crippen LogP contribution in [0.2, 0.25) is 0 Å². The summed E-state index contributed by atoms with van der Waals surface area (Å²) in [5.41, 5.74) is -0.0128. The summed E-state index contributed by atoms with van der Waals surface area (Å²) < 4.78 is 0. The van der Waals surface area contributed by atoms with Crippen LogP contribution in [0, 0.1) is 5.41 Å². The van der Waals surface area contributed by atoms with E-state index in [9.17, 15) is 14.7 Å². The van der Waals surface area contributed by atoms with Crippen molar-refractivity contribution in [2.45, 2.75) is 33.1 Å². The van der Waals surface area contributed by atoms with E-state index in [2.05, 4.69) is 0 Å². The van der Waals surface area contributed by atoms with Crippen molar-refractivity contribution in [2.24, 2.45) is 5.41 Å². The lowest BCUT2D eigenvalue weighted by Crippen LogP contribution is -2.35. The highest BCUT2D eigenvalue weighted by atomic mass is 16.3. The number of hydrogen-bond donors (Lipinski definition) is 1. The van der Waals surface area contributed by atoms with Crippen LogP contribution in [0.1, 0.15) is 33.1 Å². The normalized spacial score (nSPS) is 18.4. The van der Waals surface area contributed by atoms with Gasteiger partial charge in [-0.15, -0.1) is 0 Å². The van der Waals surface area contributed by atoms with Crippen LogP contribution >= 0.6 is 0 Å². The smallest absolute Gasteiger partial charge is 0.240 e. The Morgan fingerprint density at radius 3 is 2.17 bits per heavy atom. The third-order valence-electron chi connectivity index (χ3n) is 3.86. The summed E-state index contributed by atoms with van der Waals surface area (Å²) in [6.45, 7) is 3.88. The number of rotatable bonds is 3. The molecule has 0 atom stereocenters. The molecule has 1 aliphatic rings. The van der Waals surface area contributed by atoms with Gasteiger partial charge in [-0.25, -0.2) is 0 Å². The van der Waals surface area contributed by atoms with E-state index in [-0.39, 0.29) is 24.0 Å². The molecule has 0 radical (unpaired) electrons. The van der Waals surface area contributed by atoms with Crippen LogP contribution in [0.15, 0.2) is 24.3 Å². The molecule has 4 heteroatoms. The fraction of sp³-hybridized carbons (Fsp3) is 0.429. The first kappa shape index (κ1) is 12.6. The molecule has 0 aliphatic carbocycles. The molecule has 1 fully saturated rings. The fourth-order valence-electron chi connectivity index (χ4n) is 2.46. The van der Waals surface area contributed by atoms with Crippen molar-refractivity contribution in [3.8, 4) is 5.75 Å². The van der Waals surface area contributed by atoms with Crippen LogP contribution in [-0.4, -0.2) is 16.9 Å². The Balaban J connectivity index is 2.38. The van der Waals surface area contributed by atoms with Gasteiger partial charge in [0.2, 0.25) is 11.8 Å². The van der Waals surface area contributed by atoms with Gasteiger partial charge in [0.05, 0.1) is 11.1 Å². The van der Waals surface area contributed by atoms with Crippen LogP contribution in [0.4, 0.5) is 5.69 Å². The summed E-state index contributed by atoms with van der Waals surface area (Å²) in [6, 6.07) is 6.14. The number of phenolic OH excluding ortho intramolecular Hbond substituents is 1. The van der Waals surface area contributed by atoms with Gasteiger partial charge in [-0.1, -0.05) is 13.8 Å². The van der Waals surface area contributed by atoms with Crippen molar-refractivity contribution in [3.63, 3.8) is 0 Å². The molecule has 1 N–H and O–H groups in total. The number of nitrogens with zero attached hydrogens (tertiary/aromatic N) is 1. The maximum atomic E-state index is 12.4. The average molecular weight is 247 g/mol. The molecule has 96 valence electrons. The monoisotopic (exact) mass is 247 g/mol. The minimum atomic E-state index is -0.547. The number of benzene rings is 1. The molecule has 0 unspecified atom stereocenters. The second-order valence-electron chi connectivity index (χ2n) is 4.71. The summed E-state index contributed by atoms with van der Waals surface area (Å²) >= 11 is 0. The molecule has 4 nitrogen and oxygen atoms in total. The van der Waals surface area contributed by atoms with Gasteiger partial charge < -0.3 is 5.11 Å². The van der Waals surface area contributed by atoms with E-state index >= 15 is 0 Å². The topological polar surface area (TPSA) is 57.6 Å². The van der Waals surface area contributed by atoms with Crippen molar-refractivity contribution in [3.05, 3.63) is 24.3 Å². The predicted octanol–water partition coefficient (Wildman–Crippen LogP) is 2.46. The van der Waals surface area contributed by atoms with E-state index < -0.39 is 5.41 Å². The second-order valence-corrected chi connectivity index (χ2v) is 4.71. The lowest BCUT2D eigenvalue weighted by molar-refractivity contribution is -0.126. The van der Waals surface area contributed by atoms with E-state index in [0.717, 1.165) is 0 Å². The zero-order valence-corrected chi connectivity index (χ0v) is 10.6. The molecule has 18 heavy (non-hydrogen) atoms. The van der Waals surface area contributed by atoms with Gasteiger partial charge in [-0.05, 0) is 37.1 Å². The van der Waals surface area contributed by atoms with Crippen LogP contribution in [0.25, 0.3) is 0 Å². The minimum absolute atomic E-state index is 0.120. The third-order valence-corrected chi connectivity index (χ3v) is 3.86. The van der Waals surface area contributed by atoms with E-state index in [1.807, 2.05) is 13.8 Å². The Bertz CT molecular complexity index is 474. The third kappa shape index (κ3) is 1.78. The van der Waals surface area contributed by atoms with Gasteiger partial charge in [0.15, 0.2) is 0 Å². The average Bonchev–Trinajstić information content (AvgIpc) is 2.63. The molecule has 0 saturated carbocycles. The van der Waals surface area contributed by atoms with Crippen LogP contribution < -0.4 is 4.90 Å². The first-order valence-electron chi connectivity index (χ1n) is 6.20. The number of carbonyl (C=O) groups excluding carboxylic acids is 2. The summed E-state index contributed by atoms with van der Waals surface area (Å²) in [4.78, 5) is 25.7. The summed E-state index contributed by atoms with van der Waals surface area (Å²) in [7, 11) is 0. The Hall–Kier alpha value is -1.84. The number of amides is 2. The number of imide groups is 1. The Morgan fingerprint density at radius 1 is 1.17 bits per heavy atom. The summed E-state index contributed by atoms with van der Waals surface area (Å²) in [5, 5.41) is 9.24. The first-order chi connectivity index (χ1) is 8.54. The van der Waals surface area contributed by atoms with Gasteiger partial charge in [0.25, 0.3) is 0 Å². The minimum Gasteiger partial charge on any atom is -0.508 e. The Morgan fingerprint density at radius 2 is 1.72 bits per heavy atom. The SMILES string of the molecule is CCC1(CC)CC(=O)N(c2ccc(O)cc2)C1=O. The highest BCUT2D eigenvalue weighted by molar-refractivity contribution is 6.22. The largest absolute Gasteiger partial charge is 0.508 e. The highest BCUT2D eigenvalue weighted by Gasteiger charge is 2.49. The molecule has 0 spiro atoms. The van der Waals surface area contributed by atoms with E-state index in [0.29, 0.717) is 18.5 Å². The molecule has 1 aliphatic heterocycles. The van der Waals surface area contributed by atoms with Crippen LogP contribution in [-0.2, 0) is 9.59 Å². The maximum Gasteiger partial charge on any atom is 0.240 e. The Kier molecular flexibility index (Phi) is 3.11. The quantitative estimate of drug-likeness (QED) is 0.835. The van der Waals surface area contributed by atoms with E-state index in [4.69, 9.17) is 0 Å². The van der Waals surface area contributed by atoms with Crippen molar-refractivity contribution >= 4 is 17.5 Å². The molecular formula is C14H17NO3. The molecule has 1 saturated heterocycles. The van der Waals surface area contributed by atoms with Crippen molar-refractivity contribution in [1.29, 1.82) is 0 Å². The highest BCUT2D eigenvalue weighted by Crippen LogP contribution is 2.41. The zero-order valence-electron chi connectivity index (χ0n) is 10.6. The predicted molar refractivity (Wildman–Crippen MR) is 68.2 cm³/mol. The van der Waals surface area contributed by atoms with E-state index in [1.54, 1.807) is 12.1 Å². The summed E-state index contributed by atoms with van der Waals surface area (Å²) in [6.07, 6.45) is 1.62. The number of aromatic hydroxyl groups is 1. The molecule has 1 aromatic carbocycles. The molecule has 1 aromatic rings. The number of carbonyl (C=O) groups is 2. The van der Waals surface area contributed by atoms with Crippen LogP contribution in [0.3, 0.4) is 0 Å². The standard InChI is InChI=1S/C14H17NO3/c1-3-14(4-2)9-12(17)15(13(14)18)10-5-7-11(16)8-6-10/h5-8,16H,3-4,9H2,1-2H3. The molecule has 2 amide bonds. The van der Waals surface area contributed by atoms with Gasteiger partial charge in [0, 0.05) is 6.42 Å². The van der Waals surface area contributed by atoms with E-state index in [1.165, 1.54) is 17.0 Å². The number of phenols is 1. The second kappa shape index (κ2) is 4.44. The lowest BCUT2D eigenvalue weighted by Gasteiger charge is -2.23. The molecule has 0 bridgehead atoms. The first-order valence-corrected chi connectivity index (χ1v) is 6.20. The molecular weight excluding hydrogens is 230 g/mol. The molecule has 1 heterocycles. The van der Waals surface area contributed by atoms with Crippen molar-refractivity contribution in [1.82, 2.24) is 0 Å². The van der Waals surface area contributed by atoms with Gasteiger partial charge in [0.1, 0.15) is 5.75 Å². The van der Waals surface area contributed by atoms with Gasteiger partial charge in [-0.3, -0.25) is 14.5 Å². The van der Waals surface area contributed by atoms with Gasteiger partial charge in [-0.2, -0.15) is 0 Å². The maximum absolute atomic E-state index is 12.4. The Labute approximate surface area is 106 Å². The molecule has 0 aromatic heterocycles. The zero-order chi connectivity index (χ0) is 13.3. The molecule has 2 rings (SSSR count). The lowest BCUT2D eigenvalue weighted by atomic mass is 9.81. The van der Waals surface area contributed by atoms with Gasteiger partial charge >= 0.3 is 0 Å². The van der Waals surface area contributed by atoms with Crippen LogP contribution in [0.5, 0.6) is 5.75 Å². The number of anilines is 1. The van der Waals surface area contributed by atoms with Crippen molar-refractivity contribution in [2.75, 3.05) is 4.90 Å². The number of hydrogen-bond acceptors (Lipinski definition) is 3. The fourth-order valence-corrected chi connectivity index (χ4v) is 2.46. The van der Waals surface area contributed by atoms with Crippen molar-refractivity contribution < 1.29 is 14.7 Å².